The number of fused-ring (bicyclic) bond motifs is 2. The summed E-state index contributed by atoms with van der Waals surface area (Å²) in [5.74, 6) is -0.692. The van der Waals surface area contributed by atoms with Crippen molar-refractivity contribution in [3.8, 4) is 11.5 Å². The highest BCUT2D eigenvalue weighted by Crippen LogP contribution is 2.39. The molecule has 0 aliphatic carbocycles. The Hall–Kier alpha value is -5.57. The minimum atomic E-state index is -0.550. The number of nitrogens with zero attached hydrogens (tertiary/aromatic N) is 4. The molecule has 0 radical (unpaired) electrons. The maximum Gasteiger partial charge on any atom is 0.272 e. The second-order valence-electron chi connectivity index (χ2n) is 12.0. The van der Waals surface area contributed by atoms with Crippen LogP contribution in [0.25, 0.3) is 0 Å². The van der Waals surface area contributed by atoms with Crippen molar-refractivity contribution in [3.63, 3.8) is 0 Å². The summed E-state index contributed by atoms with van der Waals surface area (Å²) < 4.78 is 14.6. The van der Waals surface area contributed by atoms with Crippen LogP contribution in [-0.2, 0) is 18.9 Å². The lowest BCUT2D eigenvalue weighted by Crippen LogP contribution is -2.39. The van der Waals surface area contributed by atoms with Gasteiger partial charge in [-0.05, 0) is 51.1 Å². The van der Waals surface area contributed by atoms with E-state index >= 15 is 0 Å². The van der Waals surface area contributed by atoms with E-state index in [9.17, 15) is 24.3 Å². The predicted octanol–water partition coefficient (Wildman–Crippen LogP) is 3.13. The van der Waals surface area contributed by atoms with E-state index < -0.39 is 11.9 Å². The molecular formula is C34H42N8O7. The van der Waals surface area contributed by atoms with Gasteiger partial charge in [0.1, 0.15) is 17.4 Å². The molecule has 2 aliphatic rings. The van der Waals surface area contributed by atoms with Crippen LogP contribution in [0.15, 0.2) is 53.8 Å². The number of hydrogen-bond acceptors (Lipinski definition) is 8. The van der Waals surface area contributed by atoms with Crippen molar-refractivity contribution < 1.29 is 33.8 Å². The molecular weight excluding hydrogens is 632 g/mol. The number of methoxy groups -OCH3 is 1. The molecule has 4 heterocycles. The van der Waals surface area contributed by atoms with E-state index in [0.29, 0.717) is 60.2 Å². The third-order valence-electron chi connectivity index (χ3n) is 8.27. The molecule has 1 atom stereocenters. The Kier molecular flexibility index (Phi) is 10.7. The molecule has 5 N–H and O–H groups in total. The normalized spacial score (nSPS) is 15.2. The molecule has 15 nitrogen and oxygen atoms in total. The maximum absolute atomic E-state index is 13.2. The van der Waals surface area contributed by atoms with E-state index in [1.54, 1.807) is 64.8 Å². The smallest absolute Gasteiger partial charge is 0.272 e. The van der Waals surface area contributed by atoms with E-state index in [1.165, 1.54) is 7.11 Å². The van der Waals surface area contributed by atoms with Gasteiger partial charge in [-0.25, -0.2) is 4.99 Å². The Bertz CT molecular complexity index is 1810. The Morgan fingerprint density at radius 1 is 0.980 bits per heavy atom. The van der Waals surface area contributed by atoms with Gasteiger partial charge in [0, 0.05) is 52.1 Å². The van der Waals surface area contributed by atoms with Crippen LogP contribution in [0, 0.1) is 0 Å². The van der Waals surface area contributed by atoms with Gasteiger partial charge < -0.3 is 49.9 Å². The van der Waals surface area contributed by atoms with Crippen LogP contribution in [0.5, 0.6) is 11.5 Å². The molecule has 2 aromatic heterocycles. The average Bonchev–Trinajstić information content (AvgIpc) is 3.74. The number of aliphatic imine (C=N–C) groups is 1. The number of benzene rings is 1. The number of ether oxygens (including phenoxy) is 2. The summed E-state index contributed by atoms with van der Waals surface area (Å²) in [6.07, 6.45) is 5.03. The Morgan fingerprint density at radius 2 is 1.67 bits per heavy atom. The zero-order valence-corrected chi connectivity index (χ0v) is 28.1. The van der Waals surface area contributed by atoms with E-state index in [-0.39, 0.29) is 47.9 Å². The van der Waals surface area contributed by atoms with Gasteiger partial charge in [-0.2, -0.15) is 0 Å². The molecule has 2 aliphatic heterocycles. The van der Waals surface area contributed by atoms with Crippen LogP contribution in [-0.4, -0.2) is 95.1 Å². The van der Waals surface area contributed by atoms with Crippen LogP contribution in [0.2, 0.25) is 0 Å². The zero-order chi connectivity index (χ0) is 35.2. The second kappa shape index (κ2) is 15.1. The van der Waals surface area contributed by atoms with Gasteiger partial charge in [0.25, 0.3) is 17.7 Å². The number of aliphatic hydroxyl groups excluding tert-OH is 1. The molecule has 0 spiro atoms. The lowest BCUT2D eigenvalue weighted by Gasteiger charge is -2.21. The molecule has 1 aromatic carbocycles. The minimum absolute atomic E-state index is 0.130. The predicted molar refractivity (Wildman–Crippen MR) is 184 cm³/mol. The molecule has 0 saturated carbocycles. The van der Waals surface area contributed by atoms with Crippen molar-refractivity contribution in [1.82, 2.24) is 24.7 Å². The summed E-state index contributed by atoms with van der Waals surface area (Å²) in [6.45, 7) is 5.77. The quantitative estimate of drug-likeness (QED) is 0.128. The number of aryl methyl sites for hydroxylation is 2. The molecule has 49 heavy (non-hydrogen) atoms. The first-order chi connectivity index (χ1) is 23.5. The highest BCUT2D eigenvalue weighted by atomic mass is 16.5. The van der Waals surface area contributed by atoms with Crippen LogP contribution >= 0.6 is 0 Å². The lowest BCUT2D eigenvalue weighted by molar-refractivity contribution is -0.116. The largest absolute Gasteiger partial charge is 0.495 e. The maximum atomic E-state index is 13.2. The van der Waals surface area contributed by atoms with Gasteiger partial charge in [0.15, 0.2) is 11.5 Å². The number of carbonyl (C=O) groups is 4. The van der Waals surface area contributed by atoms with E-state index in [4.69, 9.17) is 9.47 Å². The van der Waals surface area contributed by atoms with Gasteiger partial charge in [-0.1, -0.05) is 12.2 Å². The number of aromatic nitrogens is 2. The summed E-state index contributed by atoms with van der Waals surface area (Å²) in [7, 11) is 6.73. The van der Waals surface area contributed by atoms with E-state index in [2.05, 4.69) is 32.8 Å². The third-order valence-corrected chi connectivity index (χ3v) is 8.27. The van der Waals surface area contributed by atoms with Crippen molar-refractivity contribution in [2.24, 2.45) is 19.1 Å². The van der Waals surface area contributed by atoms with Gasteiger partial charge in [-0.3, -0.25) is 19.2 Å². The number of nitrogens with one attached hydrogen (secondary N) is 4. The Morgan fingerprint density at radius 3 is 2.37 bits per heavy atom. The topological polar surface area (TPSA) is 181 Å². The average molecular weight is 675 g/mol. The molecule has 260 valence electrons. The van der Waals surface area contributed by atoms with E-state index in [1.807, 2.05) is 7.05 Å². The van der Waals surface area contributed by atoms with Crippen molar-refractivity contribution in [3.05, 3.63) is 65.8 Å². The highest BCUT2D eigenvalue weighted by Gasteiger charge is 2.38. The molecule has 3 aromatic rings. The molecule has 15 heteroatoms. The molecule has 5 rings (SSSR count). The Balaban J connectivity index is 1.13. The number of rotatable bonds is 14. The highest BCUT2D eigenvalue weighted by molar-refractivity contribution is 6.06. The van der Waals surface area contributed by atoms with Gasteiger partial charge >= 0.3 is 0 Å². The number of hydrogen-bond donors (Lipinski definition) is 5. The van der Waals surface area contributed by atoms with Crippen LogP contribution in [0.4, 0.5) is 17.1 Å². The fourth-order valence-corrected chi connectivity index (χ4v) is 5.79. The van der Waals surface area contributed by atoms with Crippen LogP contribution < -0.4 is 30.7 Å². The summed E-state index contributed by atoms with van der Waals surface area (Å²) in [6, 6.07) is 5.72. The first kappa shape index (κ1) is 34.8. The van der Waals surface area contributed by atoms with Crippen LogP contribution in [0.3, 0.4) is 0 Å². The monoisotopic (exact) mass is 674 g/mol. The van der Waals surface area contributed by atoms with Gasteiger partial charge in [0.05, 0.1) is 36.3 Å². The number of carbonyl (C=O) groups excluding carboxylic acids is 4. The van der Waals surface area contributed by atoms with E-state index in [0.717, 1.165) is 18.5 Å². The minimum Gasteiger partial charge on any atom is -0.495 e. The van der Waals surface area contributed by atoms with Gasteiger partial charge in [0.2, 0.25) is 11.8 Å². The first-order valence-corrected chi connectivity index (χ1v) is 16.0. The fraction of sp³-hybridized carbons (Fsp3) is 0.382. The summed E-state index contributed by atoms with van der Waals surface area (Å²) in [5, 5.41) is 22.1. The van der Waals surface area contributed by atoms with Gasteiger partial charge in [-0.15, -0.1) is 0 Å². The van der Waals surface area contributed by atoms with Crippen molar-refractivity contribution in [1.29, 1.82) is 0 Å². The SMILES string of the molecule is C=C1C[C@H]2C(O)=Nc3cc(OCCCC(=O)Nc4cc(C(=O)Nc5cc(C(=O)NCCCNC)n(C)c5)n(C)c4)c(OC)cc3C(=O)N2C1. The van der Waals surface area contributed by atoms with Crippen LogP contribution in [0.1, 0.15) is 57.0 Å². The number of aliphatic hydroxyl groups is 1. The van der Waals surface area contributed by atoms with Crippen molar-refractivity contribution in [2.75, 3.05) is 51.0 Å². The molecule has 0 bridgehead atoms. The number of amides is 4. The first-order valence-electron chi connectivity index (χ1n) is 16.0. The summed E-state index contributed by atoms with van der Waals surface area (Å²) in [4.78, 5) is 57.4. The number of anilines is 2. The Labute approximate surface area is 284 Å². The summed E-state index contributed by atoms with van der Waals surface area (Å²) >= 11 is 0. The van der Waals surface area contributed by atoms with Crippen molar-refractivity contribution >= 4 is 46.6 Å². The molecule has 0 unspecified atom stereocenters. The molecule has 1 saturated heterocycles. The molecule has 4 amide bonds. The second-order valence-corrected chi connectivity index (χ2v) is 12.0. The fourth-order valence-electron chi connectivity index (χ4n) is 5.79. The molecule has 1 fully saturated rings. The third kappa shape index (κ3) is 7.95. The lowest BCUT2D eigenvalue weighted by atomic mass is 10.1. The van der Waals surface area contributed by atoms with Crippen molar-refractivity contribution in [2.45, 2.75) is 31.7 Å². The standard InChI is InChI=1S/C34H42N8O7/c1-20-12-27-33(46)39-24-16-29(28(48-5)15-23(24)34(47)42(27)17-20)49-11-6-8-30(43)37-21-13-26(41(4)18-21)32(45)38-22-14-25(40(3)19-22)31(44)36-10-7-9-35-2/h13-16,18-19,27,35H,1,6-12,17H2,2-5H3,(H,36,44)(H,37,43)(H,38,45)(H,39,46)/t27-/m0/s1. The summed E-state index contributed by atoms with van der Waals surface area (Å²) in [5.41, 5.74) is 3.05. The zero-order valence-electron chi connectivity index (χ0n) is 28.1.